The van der Waals surface area contributed by atoms with Crippen LogP contribution in [0.5, 0.6) is 0 Å². The van der Waals surface area contributed by atoms with Crippen LogP contribution in [-0.4, -0.2) is 23.0 Å². The Hall–Kier alpha value is -2.25. The molecule has 1 aromatic carbocycles. The SMILES string of the molecule is CCn1c(CNS(=O)(=O)c2ccc(C)cc2C)nc2cccnc21. The molecule has 0 bridgehead atoms. The monoisotopic (exact) mass is 344 g/mol. The van der Waals surface area contributed by atoms with Gasteiger partial charge in [0.2, 0.25) is 10.0 Å². The van der Waals surface area contributed by atoms with Crippen molar-refractivity contribution in [2.24, 2.45) is 0 Å². The summed E-state index contributed by atoms with van der Waals surface area (Å²) < 4.78 is 29.7. The van der Waals surface area contributed by atoms with E-state index in [4.69, 9.17) is 0 Å². The second-order valence-corrected chi connectivity index (χ2v) is 7.45. The fourth-order valence-corrected chi connectivity index (χ4v) is 4.02. The summed E-state index contributed by atoms with van der Waals surface area (Å²) >= 11 is 0. The Kier molecular flexibility index (Phi) is 4.38. The van der Waals surface area contributed by atoms with Gasteiger partial charge in [-0.15, -0.1) is 0 Å². The van der Waals surface area contributed by atoms with E-state index in [1.807, 2.05) is 36.6 Å². The van der Waals surface area contributed by atoms with Crippen LogP contribution in [0.1, 0.15) is 23.9 Å². The molecule has 3 aromatic rings. The lowest BCUT2D eigenvalue weighted by Gasteiger charge is -2.10. The molecule has 0 saturated carbocycles. The summed E-state index contributed by atoms with van der Waals surface area (Å²) in [6.07, 6.45) is 1.71. The number of hydrogen-bond acceptors (Lipinski definition) is 4. The first kappa shape index (κ1) is 16.6. The molecule has 0 aliphatic rings. The molecule has 0 aliphatic carbocycles. The third-order valence-corrected chi connectivity index (χ3v) is 5.50. The van der Waals surface area contributed by atoms with Crippen LogP contribution in [0.3, 0.4) is 0 Å². The first-order valence-electron chi connectivity index (χ1n) is 7.79. The summed E-state index contributed by atoms with van der Waals surface area (Å²) in [4.78, 5) is 9.11. The number of rotatable bonds is 5. The Morgan fingerprint density at radius 1 is 1.21 bits per heavy atom. The van der Waals surface area contributed by atoms with Gasteiger partial charge in [-0.2, -0.15) is 0 Å². The van der Waals surface area contributed by atoms with Gasteiger partial charge in [-0.05, 0) is 44.5 Å². The highest BCUT2D eigenvalue weighted by Crippen LogP contribution is 2.18. The molecule has 24 heavy (non-hydrogen) atoms. The van der Waals surface area contributed by atoms with Crippen LogP contribution >= 0.6 is 0 Å². The number of hydrogen-bond donors (Lipinski definition) is 1. The van der Waals surface area contributed by atoms with Gasteiger partial charge >= 0.3 is 0 Å². The molecule has 0 aliphatic heterocycles. The van der Waals surface area contributed by atoms with Crippen LogP contribution < -0.4 is 4.72 Å². The van der Waals surface area contributed by atoms with Crippen molar-refractivity contribution in [3.63, 3.8) is 0 Å². The summed E-state index contributed by atoms with van der Waals surface area (Å²) in [6, 6.07) is 8.99. The van der Waals surface area contributed by atoms with E-state index in [0.717, 1.165) is 22.3 Å². The summed E-state index contributed by atoms with van der Waals surface area (Å²) in [7, 11) is -3.59. The number of aromatic nitrogens is 3. The van der Waals surface area contributed by atoms with Crippen LogP contribution in [0.2, 0.25) is 0 Å². The predicted molar refractivity (Wildman–Crippen MR) is 93.1 cm³/mol. The van der Waals surface area contributed by atoms with Crippen LogP contribution in [0.25, 0.3) is 11.2 Å². The molecule has 6 nitrogen and oxygen atoms in total. The Bertz CT molecular complexity index is 993. The molecule has 0 amide bonds. The minimum absolute atomic E-state index is 0.125. The summed E-state index contributed by atoms with van der Waals surface area (Å²) in [5, 5.41) is 0. The number of nitrogens with zero attached hydrogens (tertiary/aromatic N) is 3. The Morgan fingerprint density at radius 2 is 2.00 bits per heavy atom. The normalized spacial score (nSPS) is 12.0. The minimum Gasteiger partial charge on any atom is -0.312 e. The molecule has 0 radical (unpaired) electrons. The highest BCUT2D eigenvalue weighted by molar-refractivity contribution is 7.89. The Labute approximate surface area is 141 Å². The third-order valence-electron chi connectivity index (χ3n) is 3.94. The number of sulfonamides is 1. The highest BCUT2D eigenvalue weighted by atomic mass is 32.2. The standard InChI is InChI=1S/C17H20N4O2S/c1-4-21-16(20-14-6-5-9-18-17(14)21)11-19-24(22,23)15-8-7-12(2)10-13(15)3/h5-10,19H,4,11H2,1-3H3. The number of nitrogens with one attached hydrogen (secondary N) is 1. The van der Waals surface area contributed by atoms with Crippen LogP contribution in [0.15, 0.2) is 41.4 Å². The van der Waals surface area contributed by atoms with Gasteiger partial charge in [-0.3, -0.25) is 0 Å². The molecule has 0 atom stereocenters. The number of fused-ring (bicyclic) bond motifs is 1. The summed E-state index contributed by atoms with van der Waals surface area (Å²) in [5.74, 6) is 0.652. The van der Waals surface area contributed by atoms with E-state index in [-0.39, 0.29) is 6.54 Å². The fourth-order valence-electron chi connectivity index (χ4n) is 2.81. The molecule has 2 heterocycles. The molecule has 1 N–H and O–H groups in total. The van der Waals surface area contributed by atoms with E-state index >= 15 is 0 Å². The molecule has 7 heteroatoms. The van der Waals surface area contributed by atoms with E-state index < -0.39 is 10.0 Å². The number of pyridine rings is 1. The topological polar surface area (TPSA) is 76.9 Å². The molecule has 0 spiro atoms. The lowest BCUT2D eigenvalue weighted by atomic mass is 10.2. The van der Waals surface area contributed by atoms with Crippen molar-refractivity contribution in [3.8, 4) is 0 Å². The fraction of sp³-hybridized carbons (Fsp3) is 0.294. The van der Waals surface area contributed by atoms with Crippen LogP contribution in [0.4, 0.5) is 0 Å². The Morgan fingerprint density at radius 3 is 2.71 bits per heavy atom. The van der Waals surface area contributed by atoms with E-state index in [1.54, 1.807) is 25.3 Å². The van der Waals surface area contributed by atoms with Gasteiger partial charge in [0, 0.05) is 12.7 Å². The molecule has 3 rings (SSSR count). The van der Waals surface area contributed by atoms with Gasteiger partial charge in [-0.1, -0.05) is 17.7 Å². The van der Waals surface area contributed by atoms with Crippen LogP contribution in [-0.2, 0) is 23.1 Å². The van der Waals surface area contributed by atoms with E-state index in [9.17, 15) is 8.42 Å². The zero-order valence-electron chi connectivity index (χ0n) is 13.9. The van der Waals surface area contributed by atoms with E-state index in [1.165, 1.54) is 0 Å². The molecule has 0 fully saturated rings. The van der Waals surface area contributed by atoms with Crippen molar-refractivity contribution in [2.75, 3.05) is 0 Å². The van der Waals surface area contributed by atoms with Crippen molar-refractivity contribution in [2.45, 2.75) is 38.8 Å². The van der Waals surface area contributed by atoms with Crippen molar-refractivity contribution < 1.29 is 8.42 Å². The van der Waals surface area contributed by atoms with Gasteiger partial charge in [0.25, 0.3) is 0 Å². The lowest BCUT2D eigenvalue weighted by Crippen LogP contribution is -2.25. The molecular weight excluding hydrogens is 324 g/mol. The first-order valence-corrected chi connectivity index (χ1v) is 9.27. The quantitative estimate of drug-likeness (QED) is 0.772. The Balaban J connectivity index is 1.90. The average molecular weight is 344 g/mol. The van der Waals surface area contributed by atoms with Crippen LogP contribution in [0, 0.1) is 13.8 Å². The van der Waals surface area contributed by atoms with E-state index in [2.05, 4.69) is 14.7 Å². The molecule has 0 unspecified atom stereocenters. The van der Waals surface area contributed by atoms with Crippen molar-refractivity contribution in [1.29, 1.82) is 0 Å². The first-order chi connectivity index (χ1) is 11.4. The second-order valence-electron chi connectivity index (χ2n) is 5.71. The number of aryl methyl sites for hydroxylation is 3. The highest BCUT2D eigenvalue weighted by Gasteiger charge is 2.18. The van der Waals surface area contributed by atoms with Gasteiger partial charge in [0.15, 0.2) is 5.65 Å². The molecule has 2 aromatic heterocycles. The average Bonchev–Trinajstić information content (AvgIpc) is 2.90. The third kappa shape index (κ3) is 3.05. The largest absolute Gasteiger partial charge is 0.312 e. The maximum Gasteiger partial charge on any atom is 0.241 e. The van der Waals surface area contributed by atoms with Crippen molar-refractivity contribution in [1.82, 2.24) is 19.3 Å². The maximum absolute atomic E-state index is 12.6. The summed E-state index contributed by atoms with van der Waals surface area (Å²) in [5.41, 5.74) is 3.29. The zero-order valence-corrected chi connectivity index (χ0v) is 14.8. The van der Waals surface area contributed by atoms with Gasteiger partial charge in [0.1, 0.15) is 11.3 Å². The molecular formula is C17H20N4O2S. The smallest absolute Gasteiger partial charge is 0.241 e. The number of imidazole rings is 1. The lowest BCUT2D eigenvalue weighted by molar-refractivity contribution is 0.575. The van der Waals surface area contributed by atoms with Gasteiger partial charge in [0.05, 0.1) is 11.4 Å². The summed E-state index contributed by atoms with van der Waals surface area (Å²) in [6.45, 7) is 6.52. The minimum atomic E-state index is -3.59. The predicted octanol–water partition coefficient (Wildman–Crippen LogP) is 2.55. The van der Waals surface area contributed by atoms with Crippen molar-refractivity contribution in [3.05, 3.63) is 53.5 Å². The molecule has 0 saturated heterocycles. The molecule has 126 valence electrons. The van der Waals surface area contributed by atoms with Gasteiger partial charge < -0.3 is 4.57 Å². The van der Waals surface area contributed by atoms with Gasteiger partial charge in [-0.25, -0.2) is 23.1 Å². The van der Waals surface area contributed by atoms with E-state index in [0.29, 0.717) is 17.3 Å². The maximum atomic E-state index is 12.6. The zero-order chi connectivity index (χ0) is 17.3. The van der Waals surface area contributed by atoms with Crippen molar-refractivity contribution >= 4 is 21.2 Å². The second kappa shape index (κ2) is 6.33. The number of benzene rings is 1.